The third-order valence-electron chi connectivity index (χ3n) is 3.45. The number of allylic oxidation sites excluding steroid dienone is 4. The zero-order valence-corrected chi connectivity index (χ0v) is 15.9. The molecule has 0 fully saturated rings. The van der Waals surface area contributed by atoms with Crippen LogP contribution in [0.5, 0.6) is 0 Å². The van der Waals surface area contributed by atoms with Gasteiger partial charge in [0.2, 0.25) is 17.7 Å². The van der Waals surface area contributed by atoms with Crippen LogP contribution in [0.25, 0.3) is 0 Å². The van der Waals surface area contributed by atoms with Crippen LogP contribution in [0.15, 0.2) is 47.4 Å². The van der Waals surface area contributed by atoms with Gasteiger partial charge in [-0.15, -0.1) is 11.8 Å². The summed E-state index contributed by atoms with van der Waals surface area (Å²) in [5.41, 5.74) is 7.20. The summed E-state index contributed by atoms with van der Waals surface area (Å²) in [6, 6.07) is -1.56. The first-order valence-electron chi connectivity index (χ1n) is 8.22. The number of amides is 3. The maximum Gasteiger partial charge on any atom is 0.244 e. The lowest BCUT2D eigenvalue weighted by Crippen LogP contribution is -2.52. The number of hydrogen-bond donors (Lipinski definition) is 4. The smallest absolute Gasteiger partial charge is 0.244 e. The number of carbonyl (C=O) groups excluding carboxylic acids is 3. The van der Waals surface area contributed by atoms with E-state index in [1.54, 1.807) is 18.7 Å². The van der Waals surface area contributed by atoms with Crippen molar-refractivity contribution >= 4 is 29.5 Å². The quantitative estimate of drug-likeness (QED) is 0.488. The van der Waals surface area contributed by atoms with Crippen molar-refractivity contribution in [1.29, 1.82) is 0 Å². The van der Waals surface area contributed by atoms with Crippen molar-refractivity contribution in [2.75, 3.05) is 12.4 Å². The maximum atomic E-state index is 12.5. The fourth-order valence-corrected chi connectivity index (χ4v) is 2.75. The number of nitrogens with one attached hydrogen (secondary N) is 3. The van der Waals surface area contributed by atoms with E-state index in [2.05, 4.69) is 22.5 Å². The molecule has 0 radical (unpaired) electrons. The SMILES string of the molecule is C=C1/C=C\C=C/CS/C=C\1C[C@@H](NC(=O)C(C)N)C(=O)NCNC(C)=O. The summed E-state index contributed by atoms with van der Waals surface area (Å²) < 4.78 is 0. The van der Waals surface area contributed by atoms with Gasteiger partial charge in [0.1, 0.15) is 6.04 Å². The summed E-state index contributed by atoms with van der Waals surface area (Å²) in [5, 5.41) is 9.66. The molecule has 142 valence electrons. The van der Waals surface area contributed by atoms with Crippen molar-refractivity contribution in [3.63, 3.8) is 0 Å². The van der Waals surface area contributed by atoms with E-state index in [1.165, 1.54) is 6.92 Å². The van der Waals surface area contributed by atoms with Gasteiger partial charge in [-0.1, -0.05) is 30.9 Å². The van der Waals surface area contributed by atoms with Gasteiger partial charge in [-0.3, -0.25) is 14.4 Å². The molecular weight excluding hydrogens is 352 g/mol. The molecule has 0 aromatic rings. The molecule has 26 heavy (non-hydrogen) atoms. The summed E-state index contributed by atoms with van der Waals surface area (Å²) in [6.45, 7) is 6.90. The number of rotatable bonds is 7. The molecule has 1 aliphatic heterocycles. The summed E-state index contributed by atoms with van der Waals surface area (Å²) in [6.07, 6.45) is 7.96. The predicted molar refractivity (Wildman–Crippen MR) is 105 cm³/mol. The molecule has 2 atom stereocenters. The Morgan fingerprint density at radius 1 is 1.27 bits per heavy atom. The van der Waals surface area contributed by atoms with Crippen LogP contribution in [0.3, 0.4) is 0 Å². The van der Waals surface area contributed by atoms with Crippen molar-refractivity contribution in [2.24, 2.45) is 5.73 Å². The molecule has 7 nitrogen and oxygen atoms in total. The standard InChI is InChI=1S/C18H26N4O3S/c1-12-7-5-4-6-8-26-10-15(12)9-16(22-17(24)13(2)19)18(25)21-11-20-14(3)23/h4-7,10,13,16H,1,8-9,11,19H2,2-3H3,(H,20,23)(H,21,25)(H,22,24)/b6-4-,7-5-,15-10-/t13?,16-/m1/s1. The number of carbonyl (C=O) groups is 3. The van der Waals surface area contributed by atoms with Gasteiger partial charge >= 0.3 is 0 Å². The largest absolute Gasteiger partial charge is 0.343 e. The molecule has 5 N–H and O–H groups in total. The average molecular weight is 378 g/mol. The maximum absolute atomic E-state index is 12.5. The van der Waals surface area contributed by atoms with E-state index < -0.39 is 23.9 Å². The van der Waals surface area contributed by atoms with Crippen LogP contribution in [0.2, 0.25) is 0 Å². The lowest BCUT2D eigenvalue weighted by molar-refractivity contribution is -0.129. The summed E-state index contributed by atoms with van der Waals surface area (Å²) in [7, 11) is 0. The minimum atomic E-state index is -0.826. The zero-order chi connectivity index (χ0) is 19.5. The molecule has 0 spiro atoms. The van der Waals surface area contributed by atoms with Gasteiger partial charge in [-0.2, -0.15) is 0 Å². The van der Waals surface area contributed by atoms with Crippen molar-refractivity contribution in [1.82, 2.24) is 16.0 Å². The fraction of sp³-hybridized carbons (Fsp3) is 0.389. The van der Waals surface area contributed by atoms with Crippen LogP contribution < -0.4 is 21.7 Å². The van der Waals surface area contributed by atoms with Gasteiger partial charge in [0.05, 0.1) is 12.7 Å². The molecule has 8 heteroatoms. The molecule has 0 aliphatic carbocycles. The lowest BCUT2D eigenvalue weighted by Gasteiger charge is -2.21. The van der Waals surface area contributed by atoms with Gasteiger partial charge in [0.15, 0.2) is 0 Å². The second-order valence-electron chi connectivity index (χ2n) is 5.79. The van der Waals surface area contributed by atoms with E-state index >= 15 is 0 Å². The molecule has 0 saturated carbocycles. The van der Waals surface area contributed by atoms with Crippen molar-refractivity contribution in [3.8, 4) is 0 Å². The fourth-order valence-electron chi connectivity index (χ4n) is 1.98. The van der Waals surface area contributed by atoms with Gasteiger partial charge in [0, 0.05) is 19.1 Å². The Bertz CT molecular complexity index is 638. The molecule has 1 heterocycles. The Balaban J connectivity index is 2.88. The Kier molecular flexibility index (Phi) is 9.46. The van der Waals surface area contributed by atoms with E-state index in [0.29, 0.717) is 0 Å². The first-order valence-corrected chi connectivity index (χ1v) is 9.27. The third-order valence-corrected chi connectivity index (χ3v) is 4.28. The van der Waals surface area contributed by atoms with Crippen molar-refractivity contribution in [2.45, 2.75) is 32.4 Å². The van der Waals surface area contributed by atoms with Gasteiger partial charge in [-0.25, -0.2) is 0 Å². The van der Waals surface area contributed by atoms with E-state index in [4.69, 9.17) is 5.73 Å². The molecule has 0 aromatic heterocycles. The Labute approximate surface area is 158 Å². The highest BCUT2D eigenvalue weighted by Gasteiger charge is 2.24. The van der Waals surface area contributed by atoms with Crippen LogP contribution in [0.1, 0.15) is 20.3 Å². The monoisotopic (exact) mass is 378 g/mol. The van der Waals surface area contributed by atoms with E-state index in [-0.39, 0.29) is 19.0 Å². The molecule has 1 unspecified atom stereocenters. The van der Waals surface area contributed by atoms with Gasteiger partial charge in [-0.05, 0) is 23.5 Å². The predicted octanol–water partition coefficient (Wildman–Crippen LogP) is 0.718. The molecular formula is C18H26N4O3S. The van der Waals surface area contributed by atoms with Crippen LogP contribution >= 0.6 is 11.8 Å². The topological polar surface area (TPSA) is 113 Å². The van der Waals surface area contributed by atoms with E-state index in [9.17, 15) is 14.4 Å². The molecule has 1 rings (SSSR count). The second kappa shape index (κ2) is 11.3. The highest BCUT2D eigenvalue weighted by atomic mass is 32.2. The summed E-state index contributed by atoms with van der Waals surface area (Å²) in [5.74, 6) is -0.299. The van der Waals surface area contributed by atoms with Crippen LogP contribution in [0.4, 0.5) is 0 Å². The van der Waals surface area contributed by atoms with Crippen LogP contribution in [-0.4, -0.2) is 42.2 Å². The third kappa shape index (κ3) is 8.17. The summed E-state index contributed by atoms with van der Waals surface area (Å²) in [4.78, 5) is 35.4. The van der Waals surface area contributed by atoms with Gasteiger partial charge < -0.3 is 21.7 Å². The minimum absolute atomic E-state index is 0.0166. The molecule has 0 aromatic carbocycles. The highest BCUT2D eigenvalue weighted by molar-refractivity contribution is 8.02. The molecule has 0 bridgehead atoms. The normalized spacial score (nSPS) is 20.9. The van der Waals surface area contributed by atoms with Crippen molar-refractivity contribution in [3.05, 3.63) is 47.4 Å². The molecule has 3 amide bonds. The minimum Gasteiger partial charge on any atom is -0.343 e. The Morgan fingerprint density at radius 2 is 2.00 bits per heavy atom. The van der Waals surface area contributed by atoms with Crippen LogP contribution in [0, 0.1) is 0 Å². The zero-order valence-electron chi connectivity index (χ0n) is 15.1. The highest BCUT2D eigenvalue weighted by Crippen LogP contribution is 2.22. The average Bonchev–Trinajstić information content (AvgIpc) is 2.66. The first kappa shape index (κ1) is 21.7. The first-order chi connectivity index (χ1) is 12.3. The van der Waals surface area contributed by atoms with E-state index in [1.807, 2.05) is 29.7 Å². The molecule has 0 saturated heterocycles. The van der Waals surface area contributed by atoms with Gasteiger partial charge in [0.25, 0.3) is 0 Å². The Hall–Kier alpha value is -2.32. The second-order valence-corrected chi connectivity index (χ2v) is 6.70. The number of nitrogens with two attached hydrogens (primary N) is 1. The molecule has 1 aliphatic rings. The van der Waals surface area contributed by atoms with Crippen LogP contribution in [-0.2, 0) is 14.4 Å². The lowest BCUT2D eigenvalue weighted by atomic mass is 9.99. The number of thioether (sulfide) groups is 1. The number of hydrogen-bond acceptors (Lipinski definition) is 5. The summed E-state index contributed by atoms with van der Waals surface area (Å²) >= 11 is 1.58. The van der Waals surface area contributed by atoms with Crippen molar-refractivity contribution < 1.29 is 14.4 Å². The Morgan fingerprint density at radius 3 is 2.65 bits per heavy atom. The van der Waals surface area contributed by atoms with E-state index in [0.717, 1.165) is 16.9 Å².